The van der Waals surface area contributed by atoms with E-state index in [0.29, 0.717) is 72.1 Å². The zero-order chi connectivity index (χ0) is 44.3. The molecule has 0 aliphatic carbocycles. The summed E-state index contributed by atoms with van der Waals surface area (Å²) in [4.78, 5) is 0. The van der Waals surface area contributed by atoms with Gasteiger partial charge in [-0.1, -0.05) is 84.9 Å². The van der Waals surface area contributed by atoms with E-state index >= 15 is 13.2 Å². The van der Waals surface area contributed by atoms with Crippen LogP contribution >= 0.6 is 0 Å². The predicted octanol–water partition coefficient (Wildman–Crippen LogP) is 13.3. The Kier molecular flexibility index (Phi) is 9.06. The smallest absolute Gasteiger partial charge is 0.309 e. The van der Waals surface area contributed by atoms with Gasteiger partial charge in [0.25, 0.3) is 0 Å². The Labute approximate surface area is 363 Å². The van der Waals surface area contributed by atoms with Crippen molar-refractivity contribution < 1.29 is 13.2 Å². The summed E-state index contributed by atoms with van der Waals surface area (Å²) < 4.78 is 50.5. The van der Waals surface area contributed by atoms with Gasteiger partial charge in [0.1, 0.15) is 0 Å². The van der Waals surface area contributed by atoms with Gasteiger partial charge in [0.05, 0.1) is 97.2 Å². The molecule has 0 aliphatic rings. The second-order valence-electron chi connectivity index (χ2n) is 15.2. The van der Waals surface area contributed by atoms with E-state index in [1.165, 1.54) is 12.1 Å². The van der Waals surface area contributed by atoms with Gasteiger partial charge in [-0.2, -0.15) is 39.5 Å². The monoisotopic (exact) mass is 829 g/mol. The first-order valence-corrected chi connectivity index (χ1v) is 19.9. The number of para-hydroxylation sites is 2. The van der Waals surface area contributed by atoms with Crippen molar-refractivity contribution in [2.24, 2.45) is 0 Å². The summed E-state index contributed by atoms with van der Waals surface area (Å²) in [5.41, 5.74) is 6.50. The number of fused-ring (bicyclic) bond motifs is 6. The van der Waals surface area contributed by atoms with Crippen molar-refractivity contribution in [2.45, 2.75) is 6.18 Å². The molecule has 2 aromatic heterocycles. The molecule has 298 valence electrons. The van der Waals surface area contributed by atoms with Crippen LogP contribution in [0.2, 0.25) is 0 Å². The summed E-state index contributed by atoms with van der Waals surface area (Å²) in [6.07, 6.45) is -4.82. The molecule has 0 bridgehead atoms. The lowest BCUT2D eigenvalue weighted by molar-refractivity contribution is -0.137. The molecular formula is C54H26F3N7. The quantitative estimate of drug-likeness (QED) is 0.171. The van der Waals surface area contributed by atoms with E-state index in [1.54, 1.807) is 48.5 Å². The van der Waals surface area contributed by atoms with E-state index in [0.717, 1.165) is 33.7 Å². The number of nitrogens with zero attached hydrogens (tertiary/aromatic N) is 7. The number of alkyl halides is 3. The van der Waals surface area contributed by atoms with Crippen molar-refractivity contribution in [1.82, 2.24) is 9.13 Å². The summed E-state index contributed by atoms with van der Waals surface area (Å²) in [5, 5.41) is 52.7. The Morgan fingerprint density at radius 1 is 0.375 bits per heavy atom. The second-order valence-corrected chi connectivity index (χ2v) is 15.2. The number of rotatable bonds is 5. The third-order valence-electron chi connectivity index (χ3n) is 11.7. The molecule has 10 aromatic rings. The van der Waals surface area contributed by atoms with Crippen molar-refractivity contribution in [3.8, 4) is 75.1 Å². The van der Waals surface area contributed by atoms with Crippen LogP contribution < -0.4 is 0 Å². The maximum atomic E-state index is 15.6. The summed E-state index contributed by atoms with van der Waals surface area (Å²) in [6, 6.07) is 55.6. The minimum Gasteiger partial charge on any atom is -0.309 e. The molecule has 0 fully saturated rings. The van der Waals surface area contributed by atoms with Gasteiger partial charge in [0, 0.05) is 27.1 Å². The summed E-state index contributed by atoms with van der Waals surface area (Å²) in [6.45, 7) is 0. The molecule has 0 radical (unpaired) electrons. The highest BCUT2D eigenvalue weighted by Crippen LogP contribution is 2.46. The molecule has 0 spiro atoms. The molecule has 10 rings (SSSR count). The molecule has 0 saturated heterocycles. The molecular weight excluding hydrogens is 804 g/mol. The molecule has 0 amide bonds. The molecule has 0 aliphatic heterocycles. The minimum absolute atomic E-state index is 0.185. The van der Waals surface area contributed by atoms with Crippen molar-refractivity contribution in [1.29, 1.82) is 26.3 Å². The molecule has 0 saturated carbocycles. The molecule has 2 heterocycles. The van der Waals surface area contributed by atoms with Gasteiger partial charge in [0.15, 0.2) is 0 Å². The van der Waals surface area contributed by atoms with Crippen molar-refractivity contribution >= 4 is 43.6 Å². The van der Waals surface area contributed by atoms with Crippen molar-refractivity contribution in [3.63, 3.8) is 0 Å². The van der Waals surface area contributed by atoms with Crippen LogP contribution in [0.15, 0.2) is 158 Å². The van der Waals surface area contributed by atoms with E-state index in [2.05, 4.69) is 30.3 Å². The fourth-order valence-electron chi connectivity index (χ4n) is 8.88. The summed E-state index contributed by atoms with van der Waals surface area (Å²) in [7, 11) is 0. The first-order valence-electron chi connectivity index (χ1n) is 19.9. The Balaban J connectivity index is 1.38. The highest BCUT2D eigenvalue weighted by Gasteiger charge is 2.34. The van der Waals surface area contributed by atoms with Gasteiger partial charge < -0.3 is 9.13 Å². The van der Waals surface area contributed by atoms with E-state index in [-0.39, 0.29) is 22.5 Å². The largest absolute Gasteiger partial charge is 0.416 e. The third kappa shape index (κ3) is 6.17. The highest BCUT2D eigenvalue weighted by atomic mass is 19.4. The Morgan fingerprint density at radius 2 is 0.828 bits per heavy atom. The highest BCUT2D eigenvalue weighted by molar-refractivity contribution is 6.13. The number of hydrogen-bond acceptors (Lipinski definition) is 5. The van der Waals surface area contributed by atoms with Gasteiger partial charge in [0.2, 0.25) is 0 Å². The van der Waals surface area contributed by atoms with Gasteiger partial charge in [-0.05, 0) is 101 Å². The first-order chi connectivity index (χ1) is 31.1. The standard InChI is InChI=1S/C54H26F3N7/c55-54(56,57)40-25-51(63-47-10-3-1-8-43(47)45-18-14-35(23-49(45)63)41-16-12-33(28-59)21-38(41)30-61)53(37-7-5-6-32(20-37)27-58)52(26-40)64-48-11-4-2-9-44(48)46-19-15-36(24-50(46)64)42-17-13-34(29-60)22-39(42)31-62/h1-26H. The van der Waals surface area contributed by atoms with Crippen LogP contribution in [-0.2, 0) is 6.18 Å². The molecule has 64 heavy (non-hydrogen) atoms. The zero-order valence-electron chi connectivity index (χ0n) is 33.3. The van der Waals surface area contributed by atoms with Crippen molar-refractivity contribution in [3.05, 3.63) is 191 Å². The van der Waals surface area contributed by atoms with Gasteiger partial charge >= 0.3 is 6.18 Å². The molecule has 7 nitrogen and oxygen atoms in total. The molecule has 10 heteroatoms. The maximum absolute atomic E-state index is 15.6. The van der Waals surface area contributed by atoms with Crippen LogP contribution in [0, 0.1) is 56.7 Å². The summed E-state index contributed by atoms with van der Waals surface area (Å²) >= 11 is 0. The first kappa shape index (κ1) is 38.8. The fourth-order valence-corrected chi connectivity index (χ4v) is 8.88. The van der Waals surface area contributed by atoms with Crippen LogP contribution in [0.4, 0.5) is 13.2 Å². The van der Waals surface area contributed by atoms with E-state index < -0.39 is 11.7 Å². The average molecular weight is 830 g/mol. The number of aromatic nitrogens is 2. The lowest BCUT2D eigenvalue weighted by Crippen LogP contribution is -2.11. The maximum Gasteiger partial charge on any atom is 0.416 e. The SMILES string of the molecule is N#Cc1cccc(-c2c(-n3c4ccccc4c4ccc(-c5ccc(C#N)cc5C#N)cc43)cc(C(F)(F)F)cc2-n2c3ccccc3c3ccc(-c4ccc(C#N)cc4C#N)cc32)c1. The van der Waals surface area contributed by atoms with Crippen LogP contribution in [0.1, 0.15) is 33.4 Å². The topological polar surface area (TPSA) is 129 Å². The van der Waals surface area contributed by atoms with Crippen LogP contribution in [0.5, 0.6) is 0 Å². The number of nitriles is 5. The molecule has 0 N–H and O–H groups in total. The lowest BCUT2D eigenvalue weighted by atomic mass is 9.95. The predicted molar refractivity (Wildman–Crippen MR) is 240 cm³/mol. The Morgan fingerprint density at radius 3 is 1.28 bits per heavy atom. The summed E-state index contributed by atoms with van der Waals surface area (Å²) in [5.74, 6) is 0. The van der Waals surface area contributed by atoms with Crippen molar-refractivity contribution in [2.75, 3.05) is 0 Å². The van der Waals surface area contributed by atoms with E-state index in [9.17, 15) is 26.3 Å². The second kappa shape index (κ2) is 14.9. The third-order valence-corrected chi connectivity index (χ3v) is 11.7. The molecule has 8 aromatic carbocycles. The Hall–Kier alpha value is -9.40. The minimum atomic E-state index is -4.82. The van der Waals surface area contributed by atoms with Gasteiger partial charge in [-0.25, -0.2) is 0 Å². The van der Waals surface area contributed by atoms with Gasteiger partial charge in [-0.15, -0.1) is 0 Å². The Bertz CT molecular complexity index is 3640. The normalized spacial score (nSPS) is 11.3. The van der Waals surface area contributed by atoms with E-state index in [4.69, 9.17) is 0 Å². The van der Waals surface area contributed by atoms with Crippen LogP contribution in [-0.4, -0.2) is 9.13 Å². The number of hydrogen-bond donors (Lipinski definition) is 0. The molecule has 0 unspecified atom stereocenters. The van der Waals surface area contributed by atoms with E-state index in [1.807, 2.05) is 94.1 Å². The number of benzene rings is 8. The molecule has 0 atom stereocenters. The fraction of sp³-hybridized carbons (Fsp3) is 0.0185. The lowest BCUT2D eigenvalue weighted by Gasteiger charge is -2.23. The van der Waals surface area contributed by atoms with Gasteiger partial charge in [-0.3, -0.25) is 0 Å². The zero-order valence-corrected chi connectivity index (χ0v) is 33.3. The number of halogens is 3. The van der Waals surface area contributed by atoms with Crippen LogP contribution in [0.3, 0.4) is 0 Å². The van der Waals surface area contributed by atoms with Crippen LogP contribution in [0.25, 0.3) is 88.4 Å². The average Bonchev–Trinajstić information content (AvgIpc) is 3.84.